The van der Waals surface area contributed by atoms with Crippen molar-refractivity contribution in [3.8, 4) is 0 Å². The molecule has 0 aliphatic carbocycles. The topological polar surface area (TPSA) is 83.5 Å². The number of ketones is 1. The van der Waals surface area contributed by atoms with Crippen molar-refractivity contribution in [2.75, 3.05) is 0 Å². The Morgan fingerprint density at radius 3 is 2.44 bits per heavy atom. The third kappa shape index (κ3) is 2.37. The van der Waals surface area contributed by atoms with E-state index in [-0.39, 0.29) is 0 Å². The summed E-state index contributed by atoms with van der Waals surface area (Å²) < 4.78 is 13.0. The molecule has 0 saturated carbocycles. The molecule has 1 amide bonds. The molecule has 5 nitrogen and oxygen atoms in total. The molecule has 90 valence electrons. The number of alkyl halides is 1. The highest BCUT2D eigenvalue weighted by Gasteiger charge is 2.47. The van der Waals surface area contributed by atoms with E-state index in [1.165, 1.54) is 13.8 Å². The molecule has 4 atom stereocenters. The SMILES string of the molecule is C[C@@H](F)[C@H]1C(=O)N[C@@H]1[C@@H](C)C(=O)CC(=O)O. The van der Waals surface area contributed by atoms with Crippen LogP contribution in [-0.2, 0) is 14.4 Å². The summed E-state index contributed by atoms with van der Waals surface area (Å²) in [6, 6.07) is -0.584. The molecule has 0 unspecified atom stereocenters. The van der Waals surface area contributed by atoms with Crippen molar-refractivity contribution < 1.29 is 23.9 Å². The second kappa shape index (κ2) is 4.59. The largest absolute Gasteiger partial charge is 0.481 e. The molecule has 0 radical (unpaired) electrons. The average Bonchev–Trinajstić information content (AvgIpc) is 2.10. The van der Waals surface area contributed by atoms with E-state index in [0.29, 0.717) is 0 Å². The first kappa shape index (κ1) is 12.6. The molecule has 2 N–H and O–H groups in total. The third-order valence-corrected chi connectivity index (χ3v) is 2.87. The van der Waals surface area contributed by atoms with Gasteiger partial charge in [0, 0.05) is 5.92 Å². The molecule has 1 rings (SSSR count). The van der Waals surface area contributed by atoms with Crippen LogP contribution in [0.2, 0.25) is 0 Å². The second-order valence-corrected chi connectivity index (χ2v) is 4.06. The van der Waals surface area contributed by atoms with Gasteiger partial charge in [0.1, 0.15) is 18.4 Å². The molecule has 0 aromatic heterocycles. The summed E-state index contributed by atoms with van der Waals surface area (Å²) in [7, 11) is 0. The van der Waals surface area contributed by atoms with Crippen molar-refractivity contribution in [1.29, 1.82) is 0 Å². The standard InChI is InChI=1S/C10H14FNO4/c1-4(6(13)3-7(14)15)9-8(5(2)11)10(16)12-9/h4-5,8-9H,3H2,1-2H3,(H,12,16)(H,14,15)/t4-,5+,8+,9+/m0/s1. The maximum absolute atomic E-state index is 13.0. The summed E-state index contributed by atoms with van der Waals surface area (Å²) in [6.07, 6.45) is -1.93. The van der Waals surface area contributed by atoms with Crippen molar-refractivity contribution in [2.24, 2.45) is 11.8 Å². The zero-order valence-corrected chi connectivity index (χ0v) is 9.07. The van der Waals surface area contributed by atoms with Crippen molar-refractivity contribution in [3.05, 3.63) is 0 Å². The highest BCUT2D eigenvalue weighted by atomic mass is 19.1. The Bertz CT molecular complexity index is 329. The van der Waals surface area contributed by atoms with Gasteiger partial charge in [-0.25, -0.2) is 4.39 Å². The lowest BCUT2D eigenvalue weighted by Gasteiger charge is -2.40. The second-order valence-electron chi connectivity index (χ2n) is 4.06. The van der Waals surface area contributed by atoms with Gasteiger partial charge < -0.3 is 10.4 Å². The lowest BCUT2D eigenvalue weighted by molar-refractivity contribution is -0.144. The first-order valence-corrected chi connectivity index (χ1v) is 5.03. The Morgan fingerprint density at radius 2 is 2.06 bits per heavy atom. The number of rotatable bonds is 5. The molecule has 1 fully saturated rings. The molecule has 0 bridgehead atoms. The Labute approximate surface area is 92.0 Å². The maximum atomic E-state index is 13.0. The average molecular weight is 231 g/mol. The molecule has 1 aliphatic heterocycles. The zero-order valence-electron chi connectivity index (χ0n) is 9.07. The van der Waals surface area contributed by atoms with Crippen LogP contribution in [0.25, 0.3) is 0 Å². The van der Waals surface area contributed by atoms with Crippen LogP contribution in [0.15, 0.2) is 0 Å². The predicted octanol–water partition coefficient (Wildman–Crippen LogP) is 0.139. The summed E-state index contributed by atoms with van der Waals surface area (Å²) in [5.41, 5.74) is 0. The number of carbonyl (C=O) groups excluding carboxylic acids is 2. The van der Waals surface area contributed by atoms with Crippen molar-refractivity contribution >= 4 is 17.7 Å². The monoisotopic (exact) mass is 231 g/mol. The number of carbonyl (C=O) groups is 3. The lowest BCUT2D eigenvalue weighted by atomic mass is 9.77. The van der Waals surface area contributed by atoms with Gasteiger partial charge in [0.05, 0.1) is 12.0 Å². The summed E-state index contributed by atoms with van der Waals surface area (Å²) in [5.74, 6) is -3.64. The van der Waals surface area contributed by atoms with E-state index >= 15 is 0 Å². The highest BCUT2D eigenvalue weighted by molar-refractivity contribution is 5.98. The van der Waals surface area contributed by atoms with Crippen LogP contribution < -0.4 is 5.32 Å². The van der Waals surface area contributed by atoms with Gasteiger partial charge >= 0.3 is 5.97 Å². The van der Waals surface area contributed by atoms with Gasteiger partial charge in [-0.2, -0.15) is 0 Å². The van der Waals surface area contributed by atoms with Crippen LogP contribution in [0.5, 0.6) is 0 Å². The number of β-lactam (4-membered cyclic amide) rings is 1. The smallest absolute Gasteiger partial charge is 0.310 e. The first-order chi connectivity index (χ1) is 7.34. The van der Waals surface area contributed by atoms with Gasteiger partial charge in [-0.15, -0.1) is 0 Å². The van der Waals surface area contributed by atoms with Crippen molar-refractivity contribution in [3.63, 3.8) is 0 Å². The third-order valence-electron chi connectivity index (χ3n) is 2.87. The van der Waals surface area contributed by atoms with Gasteiger partial charge in [0.2, 0.25) is 5.91 Å². The molecular weight excluding hydrogens is 217 g/mol. The summed E-state index contributed by atoms with van der Waals surface area (Å²) in [4.78, 5) is 32.8. The Hall–Kier alpha value is -1.46. The number of aliphatic carboxylic acids is 1. The van der Waals surface area contributed by atoms with Gasteiger partial charge in [-0.3, -0.25) is 14.4 Å². The molecule has 0 aromatic carbocycles. The highest BCUT2D eigenvalue weighted by Crippen LogP contribution is 2.28. The number of nitrogens with one attached hydrogen (secondary N) is 1. The number of hydrogen-bond donors (Lipinski definition) is 2. The molecule has 16 heavy (non-hydrogen) atoms. The van der Waals surface area contributed by atoms with E-state index in [2.05, 4.69) is 5.32 Å². The normalized spacial score (nSPS) is 27.6. The van der Waals surface area contributed by atoms with E-state index in [0.717, 1.165) is 0 Å². The number of carboxylic acids is 1. The number of amides is 1. The maximum Gasteiger partial charge on any atom is 0.310 e. The number of hydrogen-bond acceptors (Lipinski definition) is 3. The zero-order chi connectivity index (χ0) is 12.5. The van der Waals surface area contributed by atoms with Gasteiger partial charge in [0.25, 0.3) is 0 Å². The predicted molar refractivity (Wildman–Crippen MR) is 52.4 cm³/mol. The van der Waals surface area contributed by atoms with Crippen LogP contribution >= 0.6 is 0 Å². The van der Waals surface area contributed by atoms with Crippen molar-refractivity contribution in [1.82, 2.24) is 5.32 Å². The minimum atomic E-state index is -1.33. The number of Topliss-reactive ketones (excluding diaryl/α,β-unsaturated/α-hetero) is 1. The molecule has 1 heterocycles. The van der Waals surface area contributed by atoms with Crippen LogP contribution in [0.3, 0.4) is 0 Å². The van der Waals surface area contributed by atoms with E-state index < -0.39 is 48.1 Å². The molecule has 1 saturated heterocycles. The molecule has 6 heteroatoms. The fourth-order valence-corrected chi connectivity index (χ4v) is 1.86. The molecule has 0 spiro atoms. The Kier molecular flexibility index (Phi) is 3.62. The number of halogens is 1. The molecular formula is C10H14FNO4. The van der Waals surface area contributed by atoms with Crippen LogP contribution in [-0.4, -0.2) is 35.0 Å². The van der Waals surface area contributed by atoms with Gasteiger partial charge in [-0.05, 0) is 6.92 Å². The lowest BCUT2D eigenvalue weighted by Crippen LogP contribution is -2.64. The van der Waals surface area contributed by atoms with Crippen LogP contribution in [0.4, 0.5) is 4.39 Å². The van der Waals surface area contributed by atoms with E-state index in [9.17, 15) is 18.8 Å². The van der Waals surface area contributed by atoms with Gasteiger partial charge in [0.15, 0.2) is 0 Å². The first-order valence-electron chi connectivity index (χ1n) is 5.03. The quantitative estimate of drug-likeness (QED) is 0.520. The molecule has 1 aliphatic rings. The summed E-state index contributed by atoms with van der Waals surface area (Å²) >= 11 is 0. The fraction of sp³-hybridized carbons (Fsp3) is 0.700. The van der Waals surface area contributed by atoms with Gasteiger partial charge in [-0.1, -0.05) is 6.92 Å². The van der Waals surface area contributed by atoms with Crippen LogP contribution in [0, 0.1) is 11.8 Å². The summed E-state index contributed by atoms with van der Waals surface area (Å²) in [6.45, 7) is 2.76. The fourth-order valence-electron chi connectivity index (χ4n) is 1.86. The van der Waals surface area contributed by atoms with E-state index in [1.807, 2.05) is 0 Å². The summed E-state index contributed by atoms with van der Waals surface area (Å²) in [5, 5.41) is 10.9. The minimum Gasteiger partial charge on any atom is -0.481 e. The minimum absolute atomic E-state index is 0.421. The van der Waals surface area contributed by atoms with Crippen LogP contribution in [0.1, 0.15) is 20.3 Å². The Balaban J connectivity index is 2.61. The van der Waals surface area contributed by atoms with E-state index in [1.54, 1.807) is 0 Å². The molecule has 0 aromatic rings. The Morgan fingerprint density at radius 1 is 1.50 bits per heavy atom. The van der Waals surface area contributed by atoms with Crippen molar-refractivity contribution in [2.45, 2.75) is 32.5 Å². The number of carboxylic acid groups (broad SMARTS) is 1. The van der Waals surface area contributed by atoms with E-state index in [4.69, 9.17) is 5.11 Å².